The Labute approximate surface area is 83.7 Å². The van der Waals surface area contributed by atoms with Crippen molar-refractivity contribution >= 4 is 8.07 Å². The van der Waals surface area contributed by atoms with Crippen molar-refractivity contribution in [1.29, 1.82) is 0 Å². The highest BCUT2D eigenvalue weighted by Crippen LogP contribution is 2.28. The molecule has 13 heavy (non-hydrogen) atoms. The topological polar surface area (TPSA) is 0 Å². The average Bonchev–Trinajstić information content (AvgIpc) is 2.03. The maximum absolute atomic E-state index is 2.44. The molecule has 0 amide bonds. The zero-order valence-electron chi connectivity index (χ0n) is 9.65. The van der Waals surface area contributed by atoms with Crippen molar-refractivity contribution < 1.29 is 0 Å². The zero-order valence-corrected chi connectivity index (χ0v) is 10.6. The molecule has 0 aromatic carbocycles. The highest BCUT2D eigenvalue weighted by atomic mass is 28.3. The number of hydrogen-bond donors (Lipinski definition) is 0. The minimum absolute atomic E-state index is 0.736. The summed E-state index contributed by atoms with van der Waals surface area (Å²) in [5.74, 6) is 0.736. The van der Waals surface area contributed by atoms with E-state index in [0.29, 0.717) is 0 Å². The Morgan fingerprint density at radius 1 is 1.08 bits per heavy atom. The van der Waals surface area contributed by atoms with Crippen molar-refractivity contribution in [1.82, 2.24) is 0 Å². The molecular weight excluding hydrogens is 172 g/mol. The second-order valence-corrected chi connectivity index (χ2v) is 10.5. The lowest BCUT2D eigenvalue weighted by atomic mass is 9.95. The van der Waals surface area contributed by atoms with E-state index in [1.54, 1.807) is 10.8 Å². The summed E-state index contributed by atoms with van der Waals surface area (Å²) < 4.78 is 0. The van der Waals surface area contributed by atoms with Gasteiger partial charge >= 0.3 is 0 Å². The van der Waals surface area contributed by atoms with Gasteiger partial charge in [-0.05, 0) is 18.8 Å². The fourth-order valence-electron chi connectivity index (χ4n) is 1.76. The van der Waals surface area contributed by atoms with E-state index in [1.165, 1.54) is 12.8 Å². The van der Waals surface area contributed by atoms with Crippen LogP contribution < -0.4 is 0 Å². The highest BCUT2D eigenvalue weighted by molar-refractivity contribution is 6.83. The molecule has 0 radical (unpaired) electrons. The summed E-state index contributed by atoms with van der Waals surface area (Å²) in [5, 5.41) is 1.73. The van der Waals surface area contributed by atoms with Crippen molar-refractivity contribution in [3.63, 3.8) is 0 Å². The van der Waals surface area contributed by atoms with E-state index in [1.807, 2.05) is 0 Å². The minimum atomic E-state index is -1.00. The second kappa shape index (κ2) is 3.83. The van der Waals surface area contributed by atoms with Gasteiger partial charge in [0, 0.05) is 0 Å². The Balaban J connectivity index is 2.77. The number of allylic oxidation sites excluding steroid dienone is 4. The molecule has 0 bridgehead atoms. The lowest BCUT2D eigenvalue weighted by molar-refractivity contribution is 0.705. The summed E-state index contributed by atoms with van der Waals surface area (Å²) in [5.41, 5.74) is 1.63. The Morgan fingerprint density at radius 2 is 1.69 bits per heavy atom. The molecule has 0 saturated carbocycles. The quantitative estimate of drug-likeness (QED) is 0.579. The van der Waals surface area contributed by atoms with Crippen LogP contribution in [-0.2, 0) is 0 Å². The van der Waals surface area contributed by atoms with Crippen LogP contribution in [0.1, 0.15) is 26.7 Å². The van der Waals surface area contributed by atoms with E-state index in [4.69, 9.17) is 0 Å². The maximum Gasteiger partial charge on any atom is 0.0724 e. The lowest BCUT2D eigenvalue weighted by Crippen LogP contribution is -2.25. The van der Waals surface area contributed by atoms with Crippen molar-refractivity contribution in [2.24, 2.45) is 5.92 Å². The van der Waals surface area contributed by atoms with Crippen LogP contribution in [0.5, 0.6) is 0 Å². The molecule has 0 aliphatic heterocycles. The van der Waals surface area contributed by atoms with Crippen LogP contribution in [-0.4, -0.2) is 8.07 Å². The third kappa shape index (κ3) is 2.83. The largest absolute Gasteiger partial charge is 0.0807 e. The predicted molar refractivity (Wildman–Crippen MR) is 63.6 cm³/mol. The zero-order chi connectivity index (χ0) is 10.1. The Kier molecular flexibility index (Phi) is 3.17. The van der Waals surface area contributed by atoms with E-state index in [-0.39, 0.29) is 0 Å². The summed E-state index contributed by atoms with van der Waals surface area (Å²) in [6.45, 7) is 11.9. The Hall–Kier alpha value is -0.303. The summed E-state index contributed by atoms with van der Waals surface area (Å²) in [4.78, 5) is 0. The summed E-state index contributed by atoms with van der Waals surface area (Å²) in [6, 6.07) is 0. The van der Waals surface area contributed by atoms with Gasteiger partial charge in [0.2, 0.25) is 0 Å². The van der Waals surface area contributed by atoms with Crippen LogP contribution in [0.2, 0.25) is 19.6 Å². The molecule has 0 heterocycles. The molecule has 1 aliphatic rings. The molecule has 74 valence electrons. The third-order valence-electron chi connectivity index (χ3n) is 2.89. The van der Waals surface area contributed by atoms with E-state index < -0.39 is 8.07 Å². The first kappa shape index (κ1) is 10.8. The lowest BCUT2D eigenvalue weighted by Gasteiger charge is -2.25. The van der Waals surface area contributed by atoms with Gasteiger partial charge in [-0.2, -0.15) is 0 Å². The molecule has 0 aromatic rings. The van der Waals surface area contributed by atoms with Crippen LogP contribution in [0.3, 0.4) is 0 Å². The molecule has 0 spiro atoms. The van der Waals surface area contributed by atoms with Crippen molar-refractivity contribution in [3.05, 3.63) is 22.9 Å². The van der Waals surface area contributed by atoms with E-state index >= 15 is 0 Å². The van der Waals surface area contributed by atoms with Gasteiger partial charge in [0.25, 0.3) is 0 Å². The Morgan fingerprint density at radius 3 is 2.00 bits per heavy atom. The molecule has 0 aromatic heterocycles. The van der Waals surface area contributed by atoms with Crippen molar-refractivity contribution in [3.8, 4) is 0 Å². The fourth-order valence-corrected chi connectivity index (χ4v) is 3.22. The molecule has 0 fully saturated rings. The van der Waals surface area contributed by atoms with Gasteiger partial charge in [0.1, 0.15) is 0 Å². The number of hydrogen-bond acceptors (Lipinski definition) is 0. The normalized spacial score (nSPS) is 18.6. The van der Waals surface area contributed by atoms with E-state index in [2.05, 4.69) is 45.6 Å². The number of rotatable bonds is 2. The monoisotopic (exact) mass is 194 g/mol. The van der Waals surface area contributed by atoms with Crippen molar-refractivity contribution in [2.45, 2.75) is 46.3 Å². The van der Waals surface area contributed by atoms with Gasteiger partial charge in [-0.1, -0.05) is 56.4 Å². The maximum atomic E-state index is 2.44. The molecule has 0 saturated heterocycles. The predicted octanol–water partition coefficient (Wildman–Crippen LogP) is 4.17. The van der Waals surface area contributed by atoms with Gasteiger partial charge in [-0.15, -0.1) is 0 Å². The van der Waals surface area contributed by atoms with E-state index in [9.17, 15) is 0 Å². The molecule has 1 heteroatoms. The summed E-state index contributed by atoms with van der Waals surface area (Å²) >= 11 is 0. The molecule has 1 aliphatic carbocycles. The van der Waals surface area contributed by atoms with Gasteiger partial charge < -0.3 is 0 Å². The molecule has 0 unspecified atom stereocenters. The first-order chi connectivity index (χ1) is 5.91. The molecule has 0 atom stereocenters. The smallest absolute Gasteiger partial charge is 0.0724 e. The van der Waals surface area contributed by atoms with Crippen LogP contribution in [0.15, 0.2) is 22.9 Å². The van der Waals surface area contributed by atoms with Crippen LogP contribution in [0.4, 0.5) is 0 Å². The Bertz CT molecular complexity index is 238. The molecule has 0 nitrogen and oxygen atoms in total. The second-order valence-electron chi connectivity index (χ2n) is 5.34. The van der Waals surface area contributed by atoms with Crippen LogP contribution >= 0.6 is 0 Å². The SMILES string of the molecule is CC(C)C1=CC=C([Si](C)(C)C)CC1. The van der Waals surface area contributed by atoms with E-state index in [0.717, 1.165) is 5.92 Å². The van der Waals surface area contributed by atoms with Crippen LogP contribution in [0, 0.1) is 5.92 Å². The van der Waals surface area contributed by atoms with Gasteiger partial charge in [-0.3, -0.25) is 0 Å². The van der Waals surface area contributed by atoms with Gasteiger partial charge in [-0.25, -0.2) is 0 Å². The van der Waals surface area contributed by atoms with Crippen LogP contribution in [0.25, 0.3) is 0 Å². The first-order valence-electron chi connectivity index (χ1n) is 5.31. The summed E-state index contributed by atoms with van der Waals surface area (Å²) in [7, 11) is -1.00. The van der Waals surface area contributed by atoms with Gasteiger partial charge in [0.05, 0.1) is 8.07 Å². The third-order valence-corrected chi connectivity index (χ3v) is 5.23. The molecule has 0 N–H and O–H groups in total. The first-order valence-corrected chi connectivity index (χ1v) is 8.81. The highest BCUT2D eigenvalue weighted by Gasteiger charge is 2.21. The van der Waals surface area contributed by atoms with Crippen molar-refractivity contribution in [2.75, 3.05) is 0 Å². The summed E-state index contributed by atoms with van der Waals surface area (Å²) in [6.07, 6.45) is 7.38. The average molecular weight is 194 g/mol. The van der Waals surface area contributed by atoms with Gasteiger partial charge in [0.15, 0.2) is 0 Å². The molecular formula is C12H22Si. The minimum Gasteiger partial charge on any atom is -0.0807 e. The fraction of sp³-hybridized carbons (Fsp3) is 0.667. The molecule has 1 rings (SSSR count). The standard InChI is InChI=1S/C12H22Si/c1-10(2)11-6-8-12(9-7-11)13(3,4)5/h6,8,10H,7,9H2,1-5H3.